The second kappa shape index (κ2) is 8.95. The van der Waals surface area contributed by atoms with Crippen molar-refractivity contribution >= 4 is 11.6 Å². The highest BCUT2D eigenvalue weighted by Crippen LogP contribution is 2.28. The molecule has 144 valence electrons. The van der Waals surface area contributed by atoms with Crippen molar-refractivity contribution in [2.24, 2.45) is 0 Å². The van der Waals surface area contributed by atoms with E-state index in [0.29, 0.717) is 29.4 Å². The third-order valence-electron chi connectivity index (χ3n) is 4.28. The van der Waals surface area contributed by atoms with Crippen LogP contribution < -0.4 is 19.5 Å². The molecule has 1 amide bonds. The van der Waals surface area contributed by atoms with Crippen LogP contribution >= 0.6 is 0 Å². The zero-order chi connectivity index (χ0) is 19.9. The summed E-state index contributed by atoms with van der Waals surface area (Å²) in [6.45, 7) is 2.39. The van der Waals surface area contributed by atoms with E-state index in [1.807, 2.05) is 37.3 Å². The lowest BCUT2D eigenvalue weighted by atomic mass is 10.1. The molecule has 1 N–H and O–H groups in total. The summed E-state index contributed by atoms with van der Waals surface area (Å²) in [7, 11) is 3.23. The Hall–Kier alpha value is -3.47. The zero-order valence-electron chi connectivity index (χ0n) is 16.2. The molecule has 0 atom stereocenters. The molecule has 28 heavy (non-hydrogen) atoms. The molecule has 0 aliphatic carbocycles. The van der Waals surface area contributed by atoms with Crippen molar-refractivity contribution in [2.75, 3.05) is 19.5 Å². The van der Waals surface area contributed by atoms with Crippen molar-refractivity contribution in [3.05, 3.63) is 83.4 Å². The first-order valence-corrected chi connectivity index (χ1v) is 8.91. The van der Waals surface area contributed by atoms with Gasteiger partial charge in [0.15, 0.2) is 11.5 Å². The average molecular weight is 377 g/mol. The Balaban J connectivity index is 1.60. The van der Waals surface area contributed by atoms with Gasteiger partial charge in [-0.2, -0.15) is 0 Å². The first kappa shape index (κ1) is 19.3. The highest BCUT2D eigenvalue weighted by Gasteiger charge is 2.08. The summed E-state index contributed by atoms with van der Waals surface area (Å²) in [6, 6.07) is 20.3. The Morgan fingerprint density at radius 2 is 1.57 bits per heavy atom. The number of ether oxygens (including phenoxy) is 3. The largest absolute Gasteiger partial charge is 0.497 e. The van der Waals surface area contributed by atoms with Crippen molar-refractivity contribution in [1.29, 1.82) is 0 Å². The minimum atomic E-state index is -0.169. The molecule has 0 saturated carbocycles. The van der Waals surface area contributed by atoms with E-state index >= 15 is 0 Å². The van der Waals surface area contributed by atoms with E-state index in [1.165, 1.54) is 0 Å². The lowest BCUT2D eigenvalue weighted by Gasteiger charge is -2.12. The van der Waals surface area contributed by atoms with Crippen LogP contribution in [0.2, 0.25) is 0 Å². The Labute approximate surface area is 164 Å². The number of anilines is 1. The molecule has 0 fully saturated rings. The normalized spacial score (nSPS) is 10.2. The minimum Gasteiger partial charge on any atom is -0.497 e. The Morgan fingerprint density at radius 3 is 2.21 bits per heavy atom. The summed E-state index contributed by atoms with van der Waals surface area (Å²) in [4.78, 5) is 12.4. The summed E-state index contributed by atoms with van der Waals surface area (Å²) in [5, 5.41) is 2.86. The summed E-state index contributed by atoms with van der Waals surface area (Å²) < 4.78 is 16.3. The van der Waals surface area contributed by atoms with Crippen molar-refractivity contribution < 1.29 is 19.0 Å². The van der Waals surface area contributed by atoms with Gasteiger partial charge in [-0.1, -0.05) is 18.2 Å². The van der Waals surface area contributed by atoms with Gasteiger partial charge in [0.2, 0.25) is 0 Å². The average Bonchev–Trinajstić information content (AvgIpc) is 2.73. The number of carbonyl (C=O) groups is 1. The molecule has 0 unspecified atom stereocenters. The van der Waals surface area contributed by atoms with E-state index in [4.69, 9.17) is 14.2 Å². The molecule has 0 aliphatic rings. The number of hydrogen-bond donors (Lipinski definition) is 1. The monoisotopic (exact) mass is 377 g/mol. The van der Waals surface area contributed by atoms with Crippen LogP contribution in [0.15, 0.2) is 66.7 Å². The molecule has 0 radical (unpaired) electrons. The van der Waals surface area contributed by atoms with E-state index in [9.17, 15) is 4.79 Å². The second-order valence-corrected chi connectivity index (χ2v) is 6.32. The van der Waals surface area contributed by atoms with Gasteiger partial charge in [0.1, 0.15) is 12.4 Å². The zero-order valence-corrected chi connectivity index (χ0v) is 16.2. The first-order chi connectivity index (χ1) is 13.6. The number of methoxy groups -OCH3 is 2. The number of benzene rings is 3. The molecule has 3 aromatic rings. The summed E-state index contributed by atoms with van der Waals surface area (Å²) in [5.74, 6) is 1.97. The van der Waals surface area contributed by atoms with Crippen LogP contribution in [-0.4, -0.2) is 20.1 Å². The molecule has 0 aliphatic heterocycles. The Morgan fingerprint density at radius 1 is 0.857 bits per heavy atom. The van der Waals surface area contributed by atoms with Crippen LogP contribution in [0.3, 0.4) is 0 Å². The Kier molecular flexibility index (Phi) is 6.17. The van der Waals surface area contributed by atoms with E-state index in [1.54, 1.807) is 50.6 Å². The molecular weight excluding hydrogens is 354 g/mol. The highest BCUT2D eigenvalue weighted by molar-refractivity contribution is 6.04. The van der Waals surface area contributed by atoms with Gasteiger partial charge in [0.05, 0.1) is 14.2 Å². The topological polar surface area (TPSA) is 56.8 Å². The van der Waals surface area contributed by atoms with E-state index < -0.39 is 0 Å². The quantitative estimate of drug-likeness (QED) is 0.640. The molecule has 0 spiro atoms. The van der Waals surface area contributed by atoms with Crippen molar-refractivity contribution in [3.63, 3.8) is 0 Å². The van der Waals surface area contributed by atoms with Crippen molar-refractivity contribution in [3.8, 4) is 17.2 Å². The van der Waals surface area contributed by atoms with Crippen molar-refractivity contribution in [2.45, 2.75) is 13.5 Å². The van der Waals surface area contributed by atoms with Crippen molar-refractivity contribution in [1.82, 2.24) is 0 Å². The van der Waals surface area contributed by atoms with Crippen LogP contribution in [-0.2, 0) is 6.61 Å². The highest BCUT2D eigenvalue weighted by atomic mass is 16.5. The molecule has 3 rings (SSSR count). The summed E-state index contributed by atoms with van der Waals surface area (Å²) >= 11 is 0. The predicted octanol–water partition coefficient (Wildman–Crippen LogP) is 4.84. The van der Waals surface area contributed by atoms with Crippen LogP contribution in [0.1, 0.15) is 21.5 Å². The van der Waals surface area contributed by atoms with Gasteiger partial charge in [-0.3, -0.25) is 4.79 Å². The molecular formula is C23H23NO4. The number of nitrogens with one attached hydrogen (secondary N) is 1. The van der Waals surface area contributed by atoms with Gasteiger partial charge in [0, 0.05) is 11.3 Å². The summed E-state index contributed by atoms with van der Waals surface area (Å²) in [5.41, 5.74) is 3.36. The van der Waals surface area contributed by atoms with Gasteiger partial charge in [0.25, 0.3) is 5.91 Å². The third kappa shape index (κ3) is 4.82. The second-order valence-electron chi connectivity index (χ2n) is 6.32. The van der Waals surface area contributed by atoms with Gasteiger partial charge < -0.3 is 19.5 Å². The van der Waals surface area contributed by atoms with Crippen LogP contribution in [0, 0.1) is 6.92 Å². The van der Waals surface area contributed by atoms with E-state index in [0.717, 1.165) is 16.9 Å². The SMILES string of the molecule is COc1ccc(NC(=O)c2ccc(COc3ccc(C)cc3OC)cc2)cc1. The smallest absolute Gasteiger partial charge is 0.255 e. The van der Waals surface area contributed by atoms with Crippen LogP contribution in [0.25, 0.3) is 0 Å². The number of aryl methyl sites for hydroxylation is 1. The van der Waals surface area contributed by atoms with Gasteiger partial charge in [-0.25, -0.2) is 0 Å². The maximum Gasteiger partial charge on any atom is 0.255 e. The number of carbonyl (C=O) groups excluding carboxylic acids is 1. The van der Waals surface area contributed by atoms with Crippen LogP contribution in [0.4, 0.5) is 5.69 Å². The molecule has 5 heteroatoms. The van der Waals surface area contributed by atoms with E-state index in [-0.39, 0.29) is 5.91 Å². The molecule has 0 aromatic heterocycles. The molecule has 5 nitrogen and oxygen atoms in total. The van der Waals surface area contributed by atoms with Crippen LogP contribution in [0.5, 0.6) is 17.2 Å². The standard InChI is InChI=1S/C23H23NO4/c1-16-4-13-21(22(14-16)27-3)28-15-17-5-7-18(8-6-17)23(25)24-19-9-11-20(26-2)12-10-19/h4-14H,15H2,1-3H3,(H,24,25). The van der Waals surface area contributed by atoms with Gasteiger partial charge in [-0.15, -0.1) is 0 Å². The number of hydrogen-bond acceptors (Lipinski definition) is 4. The molecule has 0 saturated heterocycles. The van der Waals surface area contributed by atoms with E-state index in [2.05, 4.69) is 5.32 Å². The third-order valence-corrected chi connectivity index (χ3v) is 4.28. The molecule has 0 heterocycles. The minimum absolute atomic E-state index is 0.169. The Bertz CT molecular complexity index is 934. The maximum atomic E-state index is 12.4. The maximum absolute atomic E-state index is 12.4. The lowest BCUT2D eigenvalue weighted by Crippen LogP contribution is -2.11. The molecule has 3 aromatic carbocycles. The fourth-order valence-electron chi connectivity index (χ4n) is 2.69. The predicted molar refractivity (Wildman–Crippen MR) is 109 cm³/mol. The summed E-state index contributed by atoms with van der Waals surface area (Å²) in [6.07, 6.45) is 0. The van der Waals surface area contributed by atoms with Gasteiger partial charge >= 0.3 is 0 Å². The van der Waals surface area contributed by atoms with Gasteiger partial charge in [-0.05, 0) is 66.6 Å². The molecule has 0 bridgehead atoms. The first-order valence-electron chi connectivity index (χ1n) is 8.91. The number of amides is 1. The fraction of sp³-hybridized carbons (Fsp3) is 0.174. The lowest BCUT2D eigenvalue weighted by molar-refractivity contribution is 0.102. The number of rotatable bonds is 7. The fourth-order valence-corrected chi connectivity index (χ4v) is 2.69.